The summed E-state index contributed by atoms with van der Waals surface area (Å²) in [4.78, 5) is 28.1. The molecule has 26 heavy (non-hydrogen) atoms. The number of hydrogen-bond donors (Lipinski definition) is 2. The summed E-state index contributed by atoms with van der Waals surface area (Å²) in [6.07, 6.45) is 3.01. The molecule has 130 valence electrons. The lowest BCUT2D eigenvalue weighted by molar-refractivity contribution is 0.101. The van der Waals surface area contributed by atoms with E-state index in [1.807, 2.05) is 0 Å². The van der Waals surface area contributed by atoms with Crippen LogP contribution in [0.4, 0.5) is 20.2 Å². The summed E-state index contributed by atoms with van der Waals surface area (Å²) >= 11 is 0. The molecule has 0 fully saturated rings. The van der Waals surface area contributed by atoms with Crippen LogP contribution in [0.5, 0.6) is 0 Å². The number of pyridine rings is 1. The highest BCUT2D eigenvalue weighted by molar-refractivity contribution is 6.06. The number of hydrogen-bond acceptors (Lipinski definition) is 3. The maximum atomic E-state index is 13.2. The molecule has 5 nitrogen and oxygen atoms in total. The Morgan fingerprint density at radius 1 is 0.731 bits per heavy atom. The summed E-state index contributed by atoms with van der Waals surface area (Å²) in [6.45, 7) is 0. The monoisotopic (exact) mass is 353 g/mol. The van der Waals surface area contributed by atoms with Gasteiger partial charge < -0.3 is 10.6 Å². The van der Waals surface area contributed by atoms with Crippen LogP contribution in [0, 0.1) is 11.6 Å². The molecule has 0 aliphatic rings. The van der Waals surface area contributed by atoms with Gasteiger partial charge in [-0.15, -0.1) is 0 Å². The van der Waals surface area contributed by atoms with Crippen molar-refractivity contribution < 1.29 is 18.4 Å². The first-order chi connectivity index (χ1) is 12.5. The summed E-state index contributed by atoms with van der Waals surface area (Å²) in [5, 5.41) is 5.22. The Morgan fingerprint density at radius 2 is 1.27 bits per heavy atom. The highest BCUT2D eigenvalue weighted by atomic mass is 19.1. The molecule has 0 spiro atoms. The molecule has 2 aromatic carbocycles. The average Bonchev–Trinajstić information content (AvgIpc) is 2.62. The third-order valence-electron chi connectivity index (χ3n) is 3.45. The number of amides is 2. The molecule has 1 aromatic heterocycles. The molecule has 0 unspecified atom stereocenters. The largest absolute Gasteiger partial charge is 0.322 e. The molecular weight excluding hydrogens is 340 g/mol. The van der Waals surface area contributed by atoms with E-state index in [0.717, 1.165) is 12.1 Å². The van der Waals surface area contributed by atoms with Crippen LogP contribution < -0.4 is 10.6 Å². The van der Waals surface area contributed by atoms with E-state index in [0.29, 0.717) is 23.0 Å². The van der Waals surface area contributed by atoms with Gasteiger partial charge in [-0.1, -0.05) is 6.07 Å². The van der Waals surface area contributed by atoms with Gasteiger partial charge in [-0.2, -0.15) is 0 Å². The molecule has 2 amide bonds. The number of halogens is 2. The van der Waals surface area contributed by atoms with E-state index < -0.39 is 17.5 Å². The van der Waals surface area contributed by atoms with Gasteiger partial charge in [-0.05, 0) is 42.5 Å². The number of nitrogens with zero attached hydrogens (tertiary/aromatic N) is 1. The molecule has 0 atom stereocenters. The van der Waals surface area contributed by atoms with Crippen LogP contribution in [0.15, 0.2) is 67.0 Å². The van der Waals surface area contributed by atoms with E-state index in [1.165, 1.54) is 18.5 Å². The Hall–Kier alpha value is -3.61. The van der Waals surface area contributed by atoms with Gasteiger partial charge in [0.2, 0.25) is 0 Å². The summed E-state index contributed by atoms with van der Waals surface area (Å²) in [7, 11) is 0. The number of rotatable bonds is 4. The molecule has 0 aliphatic heterocycles. The predicted molar refractivity (Wildman–Crippen MR) is 92.9 cm³/mol. The smallest absolute Gasteiger partial charge is 0.255 e. The number of nitrogens with one attached hydrogen (secondary N) is 2. The molecule has 2 N–H and O–H groups in total. The lowest BCUT2D eigenvalue weighted by Gasteiger charge is -2.09. The van der Waals surface area contributed by atoms with Crippen LogP contribution in [0.25, 0.3) is 0 Å². The van der Waals surface area contributed by atoms with Crippen molar-refractivity contribution in [3.8, 4) is 0 Å². The van der Waals surface area contributed by atoms with Crippen LogP contribution in [0.3, 0.4) is 0 Å². The number of carbonyl (C=O) groups excluding carboxylic acids is 2. The fourth-order valence-corrected chi connectivity index (χ4v) is 2.27. The van der Waals surface area contributed by atoms with Crippen molar-refractivity contribution in [3.63, 3.8) is 0 Å². The highest BCUT2D eigenvalue weighted by Gasteiger charge is 2.11. The number of carbonyl (C=O) groups is 2. The second kappa shape index (κ2) is 7.52. The minimum atomic E-state index is -0.839. The topological polar surface area (TPSA) is 71.1 Å². The molecule has 0 bridgehead atoms. The van der Waals surface area contributed by atoms with Gasteiger partial charge in [0, 0.05) is 41.0 Å². The summed E-state index contributed by atoms with van der Waals surface area (Å²) in [6, 6.07) is 12.1. The molecule has 3 rings (SSSR count). The number of aromatic nitrogens is 1. The third-order valence-corrected chi connectivity index (χ3v) is 3.45. The number of benzene rings is 2. The highest BCUT2D eigenvalue weighted by Crippen LogP contribution is 2.18. The first kappa shape index (κ1) is 17.2. The standard InChI is InChI=1S/C19H13F2N3O2/c20-14-8-13(9-15(21)10-14)19(26)24-17-3-1-2-16(11-17)23-18(25)12-4-6-22-7-5-12/h1-11H,(H,23,25)(H,24,26). The van der Waals surface area contributed by atoms with Crippen LogP contribution in [0.1, 0.15) is 20.7 Å². The molecule has 1 heterocycles. The van der Waals surface area contributed by atoms with Crippen molar-refractivity contribution in [1.29, 1.82) is 0 Å². The van der Waals surface area contributed by atoms with Gasteiger partial charge in [0.1, 0.15) is 11.6 Å². The van der Waals surface area contributed by atoms with Gasteiger partial charge in [-0.25, -0.2) is 8.78 Å². The minimum absolute atomic E-state index is 0.145. The van der Waals surface area contributed by atoms with Gasteiger partial charge in [0.25, 0.3) is 11.8 Å². The molecule has 0 saturated heterocycles. The molecule has 0 saturated carbocycles. The molecule has 0 aliphatic carbocycles. The van der Waals surface area contributed by atoms with Gasteiger partial charge in [-0.3, -0.25) is 14.6 Å². The fraction of sp³-hybridized carbons (Fsp3) is 0. The maximum absolute atomic E-state index is 13.2. The first-order valence-electron chi connectivity index (χ1n) is 7.60. The normalized spacial score (nSPS) is 10.2. The third kappa shape index (κ3) is 4.27. The van der Waals surface area contributed by atoms with E-state index in [-0.39, 0.29) is 11.5 Å². The van der Waals surface area contributed by atoms with E-state index in [9.17, 15) is 18.4 Å². The maximum Gasteiger partial charge on any atom is 0.255 e. The van der Waals surface area contributed by atoms with Crippen molar-refractivity contribution in [2.24, 2.45) is 0 Å². The van der Waals surface area contributed by atoms with Crippen molar-refractivity contribution in [3.05, 3.63) is 89.8 Å². The predicted octanol–water partition coefficient (Wildman–Crippen LogP) is 3.86. The lowest BCUT2D eigenvalue weighted by atomic mass is 10.2. The lowest BCUT2D eigenvalue weighted by Crippen LogP contribution is -2.14. The molecule has 0 radical (unpaired) electrons. The Labute approximate surface area is 147 Å². The Morgan fingerprint density at radius 3 is 1.85 bits per heavy atom. The zero-order valence-electron chi connectivity index (χ0n) is 13.4. The molecule has 3 aromatic rings. The molecule has 7 heteroatoms. The van der Waals surface area contributed by atoms with Crippen molar-refractivity contribution in [2.75, 3.05) is 10.6 Å². The van der Waals surface area contributed by atoms with E-state index in [2.05, 4.69) is 15.6 Å². The SMILES string of the molecule is O=C(Nc1cccc(NC(=O)c2cc(F)cc(F)c2)c1)c1ccncc1. The first-order valence-corrected chi connectivity index (χ1v) is 7.60. The van der Waals surface area contributed by atoms with Gasteiger partial charge in [0.05, 0.1) is 0 Å². The fourth-order valence-electron chi connectivity index (χ4n) is 2.27. The Bertz CT molecular complexity index is 942. The van der Waals surface area contributed by atoms with Crippen molar-refractivity contribution >= 4 is 23.2 Å². The van der Waals surface area contributed by atoms with Gasteiger partial charge >= 0.3 is 0 Å². The van der Waals surface area contributed by atoms with Gasteiger partial charge in [0.15, 0.2) is 0 Å². The Kier molecular flexibility index (Phi) is 4.98. The van der Waals surface area contributed by atoms with Crippen molar-refractivity contribution in [1.82, 2.24) is 4.98 Å². The summed E-state index contributed by atoms with van der Waals surface area (Å²) in [5.74, 6) is -2.67. The van der Waals surface area contributed by atoms with E-state index in [4.69, 9.17) is 0 Å². The zero-order valence-corrected chi connectivity index (χ0v) is 13.4. The van der Waals surface area contributed by atoms with Crippen molar-refractivity contribution in [2.45, 2.75) is 0 Å². The van der Waals surface area contributed by atoms with Crippen LogP contribution >= 0.6 is 0 Å². The zero-order chi connectivity index (χ0) is 18.5. The minimum Gasteiger partial charge on any atom is -0.322 e. The average molecular weight is 353 g/mol. The van der Waals surface area contributed by atoms with E-state index >= 15 is 0 Å². The second-order valence-corrected chi connectivity index (χ2v) is 5.38. The van der Waals surface area contributed by atoms with Crippen LogP contribution in [-0.2, 0) is 0 Å². The van der Waals surface area contributed by atoms with Crippen LogP contribution in [0.2, 0.25) is 0 Å². The van der Waals surface area contributed by atoms with E-state index in [1.54, 1.807) is 30.3 Å². The summed E-state index contributed by atoms with van der Waals surface area (Å²) < 4.78 is 26.4. The second-order valence-electron chi connectivity index (χ2n) is 5.38. The van der Waals surface area contributed by atoms with Crippen LogP contribution in [-0.4, -0.2) is 16.8 Å². The number of anilines is 2. The Balaban J connectivity index is 1.73. The molecular formula is C19H13F2N3O2. The summed E-state index contributed by atoms with van der Waals surface area (Å²) in [5.41, 5.74) is 1.11. The quantitative estimate of drug-likeness (QED) is 0.748.